The smallest absolute Gasteiger partial charge is 0.0228 e. The van der Waals surface area contributed by atoms with Crippen molar-refractivity contribution >= 4 is 11.8 Å². The molecule has 1 atom stereocenters. The Hall–Kier alpha value is 0.270. The lowest BCUT2D eigenvalue weighted by atomic mass is 9.97. The average Bonchev–Trinajstić information content (AvgIpc) is 2.18. The molecule has 0 aliphatic carbocycles. The van der Waals surface area contributed by atoms with Gasteiger partial charge < -0.3 is 5.73 Å². The molecule has 0 aromatic carbocycles. The van der Waals surface area contributed by atoms with Gasteiger partial charge in [0.25, 0.3) is 0 Å². The van der Waals surface area contributed by atoms with E-state index in [0.717, 1.165) is 6.54 Å². The van der Waals surface area contributed by atoms with Gasteiger partial charge in [0.1, 0.15) is 0 Å². The average molecular weight is 218 g/mol. The van der Waals surface area contributed by atoms with Crippen LogP contribution in [0.3, 0.4) is 0 Å². The molecule has 0 aliphatic rings. The van der Waals surface area contributed by atoms with Crippen molar-refractivity contribution < 1.29 is 0 Å². The third kappa shape index (κ3) is 4.20. The number of nitrogens with two attached hydrogens (primary N) is 1. The summed E-state index contributed by atoms with van der Waals surface area (Å²) in [6.07, 6.45) is 4.51. The molecule has 86 valence electrons. The maximum Gasteiger partial charge on any atom is 0.0228 e. The number of rotatable bonds is 7. The van der Waals surface area contributed by atoms with E-state index in [4.69, 9.17) is 5.73 Å². The van der Waals surface area contributed by atoms with E-state index < -0.39 is 0 Å². The number of hydrogen-bond acceptors (Lipinski definition) is 3. The van der Waals surface area contributed by atoms with Crippen LogP contribution in [-0.4, -0.2) is 42.1 Å². The van der Waals surface area contributed by atoms with Crippen molar-refractivity contribution in [3.8, 4) is 0 Å². The quantitative estimate of drug-likeness (QED) is 0.710. The van der Waals surface area contributed by atoms with Gasteiger partial charge in [-0.05, 0) is 45.7 Å². The summed E-state index contributed by atoms with van der Waals surface area (Å²) in [7, 11) is 2.20. The van der Waals surface area contributed by atoms with Crippen LogP contribution in [0.15, 0.2) is 0 Å². The summed E-state index contributed by atoms with van der Waals surface area (Å²) in [4.78, 5) is 2.43. The van der Waals surface area contributed by atoms with Crippen LogP contribution in [0.2, 0.25) is 0 Å². The molecule has 0 aliphatic heterocycles. The molecule has 14 heavy (non-hydrogen) atoms. The fourth-order valence-electron chi connectivity index (χ4n) is 1.47. The van der Waals surface area contributed by atoms with E-state index in [2.05, 4.69) is 39.0 Å². The first-order valence-electron chi connectivity index (χ1n) is 5.41. The van der Waals surface area contributed by atoms with E-state index in [1.165, 1.54) is 18.6 Å². The molecule has 0 aromatic heterocycles. The molecule has 0 fully saturated rings. The predicted octanol–water partition coefficient (Wildman–Crippen LogP) is 2.19. The Morgan fingerprint density at radius 1 is 1.43 bits per heavy atom. The van der Waals surface area contributed by atoms with Gasteiger partial charge in [0, 0.05) is 18.1 Å². The van der Waals surface area contributed by atoms with Crippen LogP contribution in [0.4, 0.5) is 0 Å². The van der Waals surface area contributed by atoms with Crippen molar-refractivity contribution in [1.29, 1.82) is 0 Å². The van der Waals surface area contributed by atoms with Gasteiger partial charge in [-0.1, -0.05) is 6.92 Å². The number of nitrogens with zero attached hydrogens (tertiary/aromatic N) is 1. The van der Waals surface area contributed by atoms with E-state index in [9.17, 15) is 0 Å². The van der Waals surface area contributed by atoms with Gasteiger partial charge in [-0.25, -0.2) is 0 Å². The third-order valence-electron chi connectivity index (χ3n) is 3.30. The molecule has 0 rings (SSSR count). The minimum Gasteiger partial charge on any atom is -0.329 e. The lowest BCUT2D eigenvalue weighted by Crippen LogP contribution is -2.50. The van der Waals surface area contributed by atoms with Gasteiger partial charge in [0.2, 0.25) is 0 Å². The molecule has 0 radical (unpaired) electrons. The first-order valence-corrected chi connectivity index (χ1v) is 6.81. The van der Waals surface area contributed by atoms with Crippen LogP contribution >= 0.6 is 11.8 Å². The molecule has 0 spiro atoms. The van der Waals surface area contributed by atoms with E-state index in [1.54, 1.807) is 0 Å². The molecular formula is C11H26N2S. The highest BCUT2D eigenvalue weighted by Crippen LogP contribution is 2.20. The van der Waals surface area contributed by atoms with Crippen molar-refractivity contribution in [3.63, 3.8) is 0 Å². The van der Waals surface area contributed by atoms with Crippen LogP contribution < -0.4 is 5.73 Å². The highest BCUT2D eigenvalue weighted by molar-refractivity contribution is 7.98. The van der Waals surface area contributed by atoms with Gasteiger partial charge in [0.15, 0.2) is 0 Å². The standard InChI is InChI=1S/C11H26N2S/c1-6-11(2,3)13(4)10(9-12)7-8-14-5/h10H,6-9,12H2,1-5H3. The molecule has 2 N–H and O–H groups in total. The molecule has 3 heteroatoms. The number of likely N-dealkylation sites (N-methyl/N-ethyl adjacent to an activating group) is 1. The maximum atomic E-state index is 5.81. The second-order valence-corrected chi connectivity index (χ2v) is 5.43. The summed E-state index contributed by atoms with van der Waals surface area (Å²) in [6.45, 7) is 7.57. The lowest BCUT2D eigenvalue weighted by Gasteiger charge is -2.40. The molecule has 0 aromatic rings. The SMILES string of the molecule is CCC(C)(C)N(C)C(CN)CCSC. The zero-order valence-corrected chi connectivity index (χ0v) is 11.2. The Labute approximate surface area is 93.6 Å². The second kappa shape index (κ2) is 6.70. The first-order chi connectivity index (χ1) is 6.49. The Bertz CT molecular complexity index is 148. The van der Waals surface area contributed by atoms with Crippen LogP contribution in [0, 0.1) is 0 Å². The Kier molecular flexibility index (Phi) is 6.83. The van der Waals surface area contributed by atoms with Crippen LogP contribution in [0.1, 0.15) is 33.6 Å². The summed E-state index contributed by atoms with van der Waals surface area (Å²) >= 11 is 1.90. The highest BCUT2D eigenvalue weighted by Gasteiger charge is 2.26. The largest absolute Gasteiger partial charge is 0.329 e. The molecule has 0 bridgehead atoms. The van der Waals surface area contributed by atoms with Crippen LogP contribution in [0.5, 0.6) is 0 Å². The minimum atomic E-state index is 0.266. The van der Waals surface area contributed by atoms with Gasteiger partial charge >= 0.3 is 0 Å². The van der Waals surface area contributed by atoms with E-state index in [1.807, 2.05) is 11.8 Å². The number of thioether (sulfide) groups is 1. The van der Waals surface area contributed by atoms with E-state index >= 15 is 0 Å². The third-order valence-corrected chi connectivity index (χ3v) is 3.94. The van der Waals surface area contributed by atoms with E-state index in [-0.39, 0.29) is 5.54 Å². The Morgan fingerprint density at radius 2 is 2.00 bits per heavy atom. The first kappa shape index (κ1) is 14.3. The maximum absolute atomic E-state index is 5.81. The molecule has 0 heterocycles. The summed E-state index contributed by atoms with van der Waals surface area (Å²) in [5.41, 5.74) is 6.08. The topological polar surface area (TPSA) is 29.3 Å². The van der Waals surface area contributed by atoms with Crippen molar-refractivity contribution in [2.45, 2.75) is 45.2 Å². The summed E-state index contributed by atoms with van der Waals surface area (Å²) in [5.74, 6) is 1.20. The minimum absolute atomic E-state index is 0.266. The molecule has 2 nitrogen and oxygen atoms in total. The van der Waals surface area contributed by atoms with Crippen molar-refractivity contribution in [2.75, 3.05) is 25.6 Å². The molecule has 0 saturated heterocycles. The van der Waals surface area contributed by atoms with Gasteiger partial charge in [-0.3, -0.25) is 4.90 Å². The lowest BCUT2D eigenvalue weighted by molar-refractivity contribution is 0.0988. The van der Waals surface area contributed by atoms with Crippen molar-refractivity contribution in [1.82, 2.24) is 4.90 Å². The zero-order valence-electron chi connectivity index (χ0n) is 10.3. The van der Waals surface area contributed by atoms with E-state index in [0.29, 0.717) is 6.04 Å². The fourth-order valence-corrected chi connectivity index (χ4v) is 1.97. The van der Waals surface area contributed by atoms with Gasteiger partial charge in [0.05, 0.1) is 0 Å². The highest BCUT2D eigenvalue weighted by atomic mass is 32.2. The van der Waals surface area contributed by atoms with Gasteiger partial charge in [-0.2, -0.15) is 11.8 Å². The van der Waals surface area contributed by atoms with Crippen molar-refractivity contribution in [2.24, 2.45) is 5.73 Å². The Morgan fingerprint density at radius 3 is 2.36 bits per heavy atom. The normalized spacial score (nSPS) is 14.8. The summed E-state index contributed by atoms with van der Waals surface area (Å²) < 4.78 is 0. The zero-order chi connectivity index (χ0) is 11.2. The molecular weight excluding hydrogens is 192 g/mol. The van der Waals surface area contributed by atoms with Crippen LogP contribution in [-0.2, 0) is 0 Å². The predicted molar refractivity (Wildman–Crippen MR) is 68.0 cm³/mol. The Balaban J connectivity index is 4.22. The monoisotopic (exact) mass is 218 g/mol. The molecule has 0 saturated carbocycles. The molecule has 1 unspecified atom stereocenters. The fraction of sp³-hybridized carbons (Fsp3) is 1.00. The van der Waals surface area contributed by atoms with Crippen molar-refractivity contribution in [3.05, 3.63) is 0 Å². The summed E-state index contributed by atoms with van der Waals surface area (Å²) in [5, 5.41) is 0. The second-order valence-electron chi connectivity index (χ2n) is 4.45. The van der Waals surface area contributed by atoms with Gasteiger partial charge in [-0.15, -0.1) is 0 Å². The molecule has 0 amide bonds. The number of hydrogen-bond donors (Lipinski definition) is 1. The van der Waals surface area contributed by atoms with Crippen LogP contribution in [0.25, 0.3) is 0 Å². The summed E-state index contributed by atoms with van der Waals surface area (Å²) in [6, 6.07) is 0.525.